The van der Waals surface area contributed by atoms with Crippen molar-refractivity contribution in [2.45, 2.75) is 24.8 Å². The molecule has 2 rings (SSSR count). The summed E-state index contributed by atoms with van der Waals surface area (Å²) in [5.74, 6) is 0.684. The first kappa shape index (κ1) is 22.2. The van der Waals surface area contributed by atoms with Gasteiger partial charge in [0, 0.05) is 32.4 Å². The normalized spacial score (nSPS) is 12.9. The molecule has 0 amide bonds. The van der Waals surface area contributed by atoms with Crippen molar-refractivity contribution in [1.82, 2.24) is 9.62 Å². The van der Waals surface area contributed by atoms with Gasteiger partial charge in [0.05, 0.1) is 12.0 Å². The number of benzene rings is 2. The number of methoxy groups -OCH3 is 1. The molecule has 0 aliphatic heterocycles. The Morgan fingerprint density at radius 2 is 1.61 bits per heavy atom. The van der Waals surface area contributed by atoms with Crippen LogP contribution in [-0.2, 0) is 10.0 Å². The van der Waals surface area contributed by atoms with E-state index in [1.54, 1.807) is 26.2 Å². The van der Waals surface area contributed by atoms with E-state index >= 15 is 0 Å². The van der Waals surface area contributed by atoms with Crippen molar-refractivity contribution in [2.24, 2.45) is 0 Å². The molecule has 0 saturated heterocycles. The highest BCUT2D eigenvalue weighted by Gasteiger charge is 2.22. The third kappa shape index (κ3) is 5.04. The summed E-state index contributed by atoms with van der Waals surface area (Å²) in [6, 6.07) is 11.5. The van der Waals surface area contributed by atoms with Crippen LogP contribution in [0.1, 0.15) is 22.7 Å². The predicted octanol–water partition coefficient (Wildman–Crippen LogP) is 2.96. The molecule has 0 aliphatic carbocycles. The fourth-order valence-electron chi connectivity index (χ4n) is 3.13. The Balaban J connectivity index is 2.24. The Morgan fingerprint density at radius 1 is 1.00 bits per heavy atom. The molecule has 28 heavy (non-hydrogen) atoms. The summed E-state index contributed by atoms with van der Waals surface area (Å²) in [6.45, 7) is 3.90. The van der Waals surface area contributed by atoms with Crippen molar-refractivity contribution in [3.05, 3.63) is 53.1 Å². The fourth-order valence-corrected chi connectivity index (χ4v) is 4.48. The van der Waals surface area contributed by atoms with E-state index < -0.39 is 10.0 Å². The van der Waals surface area contributed by atoms with Gasteiger partial charge >= 0.3 is 0 Å². The Hall–Kier alpha value is -2.09. The van der Waals surface area contributed by atoms with E-state index in [0.29, 0.717) is 11.3 Å². The van der Waals surface area contributed by atoms with E-state index in [4.69, 9.17) is 4.74 Å². The molecule has 2 aromatic carbocycles. The second kappa shape index (κ2) is 8.94. The first-order chi connectivity index (χ1) is 13.1. The molecule has 1 atom stereocenters. The van der Waals surface area contributed by atoms with Gasteiger partial charge in [-0.05, 0) is 68.9 Å². The highest BCUT2D eigenvalue weighted by molar-refractivity contribution is 7.89. The van der Waals surface area contributed by atoms with Gasteiger partial charge < -0.3 is 14.5 Å². The molecular weight excluding hydrogens is 374 g/mol. The molecule has 7 heteroatoms. The van der Waals surface area contributed by atoms with Crippen molar-refractivity contribution >= 4 is 15.7 Å². The third-order valence-corrected chi connectivity index (χ3v) is 6.43. The van der Waals surface area contributed by atoms with E-state index in [1.165, 1.54) is 0 Å². The van der Waals surface area contributed by atoms with E-state index in [0.717, 1.165) is 16.8 Å². The van der Waals surface area contributed by atoms with Gasteiger partial charge in [-0.25, -0.2) is 13.1 Å². The molecule has 6 nitrogen and oxygen atoms in total. The van der Waals surface area contributed by atoms with Gasteiger partial charge in [-0.3, -0.25) is 0 Å². The summed E-state index contributed by atoms with van der Waals surface area (Å²) >= 11 is 0. The maximum Gasteiger partial charge on any atom is 0.240 e. The lowest BCUT2D eigenvalue weighted by atomic mass is 10.1. The van der Waals surface area contributed by atoms with Gasteiger partial charge in [0.15, 0.2) is 0 Å². The number of sulfonamides is 1. The van der Waals surface area contributed by atoms with E-state index in [2.05, 4.69) is 4.72 Å². The topological polar surface area (TPSA) is 61.9 Å². The van der Waals surface area contributed by atoms with Gasteiger partial charge in [0.1, 0.15) is 5.75 Å². The molecular formula is C21H31N3O3S. The van der Waals surface area contributed by atoms with E-state index in [1.807, 2.05) is 69.2 Å². The van der Waals surface area contributed by atoms with Crippen molar-refractivity contribution in [2.75, 3.05) is 46.7 Å². The lowest BCUT2D eigenvalue weighted by Crippen LogP contribution is -2.34. The van der Waals surface area contributed by atoms with Crippen LogP contribution in [0.3, 0.4) is 0 Å². The van der Waals surface area contributed by atoms with Crippen LogP contribution < -0.4 is 14.4 Å². The fraction of sp³-hybridized carbons (Fsp3) is 0.429. The minimum Gasteiger partial charge on any atom is -0.496 e. The molecule has 154 valence electrons. The molecule has 0 fully saturated rings. The molecule has 0 unspecified atom stereocenters. The SMILES string of the molecule is COc1cc(C)c(S(=O)(=O)NC[C@@H](c2ccc(N(C)C)cc2)N(C)C)cc1C. The zero-order valence-electron chi connectivity index (χ0n) is 17.8. The van der Waals surface area contributed by atoms with Gasteiger partial charge in [-0.15, -0.1) is 0 Å². The smallest absolute Gasteiger partial charge is 0.240 e. The lowest BCUT2D eigenvalue weighted by molar-refractivity contribution is 0.299. The van der Waals surface area contributed by atoms with Crippen molar-refractivity contribution in [3.63, 3.8) is 0 Å². The number of likely N-dealkylation sites (N-methyl/N-ethyl adjacent to an activating group) is 1. The number of nitrogens with one attached hydrogen (secondary N) is 1. The maximum absolute atomic E-state index is 12.9. The van der Waals surface area contributed by atoms with Gasteiger partial charge in [-0.2, -0.15) is 0 Å². The molecule has 0 saturated carbocycles. The largest absolute Gasteiger partial charge is 0.496 e. The van der Waals surface area contributed by atoms with Crippen molar-refractivity contribution in [3.8, 4) is 5.75 Å². The Kier molecular flexibility index (Phi) is 7.09. The molecule has 0 heterocycles. The number of nitrogens with zero attached hydrogens (tertiary/aromatic N) is 2. The third-order valence-electron chi connectivity index (χ3n) is 4.87. The predicted molar refractivity (Wildman–Crippen MR) is 115 cm³/mol. The van der Waals surface area contributed by atoms with Crippen LogP contribution in [0.15, 0.2) is 41.3 Å². The number of hydrogen-bond donors (Lipinski definition) is 1. The second-order valence-corrected chi connectivity index (χ2v) is 9.14. The number of aryl methyl sites for hydroxylation is 2. The van der Waals surface area contributed by atoms with Gasteiger partial charge in [0.25, 0.3) is 0 Å². The van der Waals surface area contributed by atoms with Crippen molar-refractivity contribution < 1.29 is 13.2 Å². The summed E-state index contributed by atoms with van der Waals surface area (Å²) in [4.78, 5) is 4.33. The molecule has 0 aliphatic rings. The molecule has 0 spiro atoms. The van der Waals surface area contributed by atoms with Crippen LogP contribution in [0.5, 0.6) is 5.75 Å². The Labute approximate surface area is 169 Å². The number of ether oxygens (including phenoxy) is 1. The summed E-state index contributed by atoms with van der Waals surface area (Å²) in [5.41, 5.74) is 3.61. The minimum atomic E-state index is -3.64. The first-order valence-corrected chi connectivity index (χ1v) is 10.6. The van der Waals surface area contributed by atoms with Crippen molar-refractivity contribution in [1.29, 1.82) is 0 Å². The summed E-state index contributed by atoms with van der Waals surface area (Å²) in [7, 11) is 5.82. The van der Waals surface area contributed by atoms with Crippen LogP contribution in [0.2, 0.25) is 0 Å². The van der Waals surface area contributed by atoms with E-state index in [-0.39, 0.29) is 17.5 Å². The molecule has 0 radical (unpaired) electrons. The van der Waals surface area contributed by atoms with E-state index in [9.17, 15) is 8.42 Å². The summed E-state index contributed by atoms with van der Waals surface area (Å²) < 4.78 is 33.9. The highest BCUT2D eigenvalue weighted by Crippen LogP contribution is 2.26. The lowest BCUT2D eigenvalue weighted by Gasteiger charge is -2.26. The minimum absolute atomic E-state index is 0.0781. The number of anilines is 1. The zero-order chi connectivity index (χ0) is 21.1. The molecule has 0 bridgehead atoms. The standard InChI is InChI=1S/C21H31N3O3S/c1-15-13-21(16(2)12-20(15)27-7)28(25,26)22-14-19(24(5)6)17-8-10-18(11-9-17)23(3)4/h8-13,19,22H,14H2,1-7H3/t19-/m0/s1. The number of hydrogen-bond acceptors (Lipinski definition) is 5. The Morgan fingerprint density at radius 3 is 2.11 bits per heavy atom. The van der Waals surface area contributed by atoms with Crippen LogP contribution in [-0.4, -0.2) is 55.2 Å². The monoisotopic (exact) mass is 405 g/mol. The zero-order valence-corrected chi connectivity index (χ0v) is 18.6. The van der Waals surface area contributed by atoms with Gasteiger partial charge in [-0.1, -0.05) is 12.1 Å². The molecule has 2 aromatic rings. The average molecular weight is 406 g/mol. The second-order valence-electron chi connectivity index (χ2n) is 7.40. The van der Waals surface area contributed by atoms with Gasteiger partial charge in [0.2, 0.25) is 10.0 Å². The average Bonchev–Trinajstić information content (AvgIpc) is 2.63. The number of rotatable bonds is 8. The van der Waals surface area contributed by atoms with Crippen LogP contribution in [0.4, 0.5) is 5.69 Å². The summed E-state index contributed by atoms with van der Waals surface area (Å²) in [5, 5.41) is 0. The highest BCUT2D eigenvalue weighted by atomic mass is 32.2. The van der Waals surface area contributed by atoms with Crippen LogP contribution in [0, 0.1) is 13.8 Å². The maximum atomic E-state index is 12.9. The summed E-state index contributed by atoms with van der Waals surface area (Å²) in [6.07, 6.45) is 0. The van der Waals surface area contributed by atoms with Crippen LogP contribution >= 0.6 is 0 Å². The quantitative estimate of drug-likeness (QED) is 0.732. The molecule has 1 N–H and O–H groups in total. The molecule has 0 aromatic heterocycles. The van der Waals surface area contributed by atoms with Crippen LogP contribution in [0.25, 0.3) is 0 Å². The Bertz CT molecular complexity index is 907. The first-order valence-electron chi connectivity index (χ1n) is 9.15.